The third kappa shape index (κ3) is 12.5. The topological polar surface area (TPSA) is 97.4 Å². The minimum Gasteiger partial charge on any atom is -0.462 e. The van der Waals surface area contributed by atoms with Crippen LogP contribution in [-0.4, -0.2) is 38.4 Å². The molecule has 1 rings (SSSR count). The highest BCUT2D eigenvalue weighted by Crippen LogP contribution is 2.48. The number of benzene rings is 1. The summed E-state index contributed by atoms with van der Waals surface area (Å²) in [7, 11) is -2.75. The Balaban J connectivity index is 2.66. The molecule has 0 radical (unpaired) electrons. The number of carbonyl (C=O) groups is 2. The van der Waals surface area contributed by atoms with Gasteiger partial charge in [-0.2, -0.15) is 0 Å². The van der Waals surface area contributed by atoms with Gasteiger partial charge in [0, 0.05) is 20.0 Å². The Morgan fingerprint density at radius 2 is 1.52 bits per heavy atom. The van der Waals surface area contributed by atoms with E-state index in [0.29, 0.717) is 18.6 Å². The van der Waals surface area contributed by atoms with Gasteiger partial charge in [0.05, 0.1) is 0 Å². The van der Waals surface area contributed by atoms with Gasteiger partial charge < -0.3 is 14.0 Å². The quantitative estimate of drug-likeness (QED) is 0.173. The van der Waals surface area contributed by atoms with Crippen LogP contribution >= 0.6 is 7.82 Å². The smallest absolute Gasteiger partial charge is 0.462 e. The molecule has 0 fully saturated rings. The van der Waals surface area contributed by atoms with E-state index in [-0.39, 0.29) is 25.6 Å². The lowest BCUT2D eigenvalue weighted by molar-refractivity contribution is -0.161. The van der Waals surface area contributed by atoms with Crippen LogP contribution in [0, 0.1) is 0 Å². The van der Waals surface area contributed by atoms with Crippen LogP contribution in [0.5, 0.6) is 5.75 Å². The van der Waals surface area contributed by atoms with Crippen LogP contribution in [0.3, 0.4) is 0 Å². The second-order valence-electron chi connectivity index (χ2n) is 7.04. The highest BCUT2D eigenvalue weighted by molar-refractivity contribution is 7.48. The minimum atomic E-state index is -3.95. The standard InChI is InChI=1S/C22H35O8P/c1-4-6-9-15-21(23)27-17-20(29-22(24)16-10-7-5-2)18-28-31(25,26-3)30-19-13-11-8-12-14-19/h8,11-14,20H,4-7,9-10,15-18H2,1-3H3/t20-,31?/m1/s1. The zero-order valence-electron chi connectivity index (χ0n) is 18.7. The van der Waals surface area contributed by atoms with Crippen molar-refractivity contribution in [2.24, 2.45) is 0 Å². The number of phosphoric ester groups is 1. The number of hydrogen-bond donors (Lipinski definition) is 0. The first kappa shape index (κ1) is 27.1. The van der Waals surface area contributed by atoms with Crippen LogP contribution in [0.15, 0.2) is 30.3 Å². The zero-order valence-corrected chi connectivity index (χ0v) is 19.6. The van der Waals surface area contributed by atoms with Crippen molar-refractivity contribution in [3.8, 4) is 5.75 Å². The maximum Gasteiger partial charge on any atom is 0.529 e. The van der Waals surface area contributed by atoms with E-state index < -0.39 is 19.9 Å². The first-order valence-electron chi connectivity index (χ1n) is 10.8. The molecular weight excluding hydrogens is 423 g/mol. The van der Waals surface area contributed by atoms with Crippen LogP contribution < -0.4 is 4.52 Å². The molecule has 0 aliphatic heterocycles. The van der Waals surface area contributed by atoms with Crippen molar-refractivity contribution in [3.05, 3.63) is 30.3 Å². The maximum atomic E-state index is 12.8. The van der Waals surface area contributed by atoms with Gasteiger partial charge in [0.15, 0.2) is 6.10 Å². The van der Waals surface area contributed by atoms with Gasteiger partial charge in [-0.25, -0.2) is 4.57 Å². The number of ether oxygens (including phenoxy) is 2. The fourth-order valence-corrected chi connectivity index (χ4v) is 3.52. The lowest BCUT2D eigenvalue weighted by Gasteiger charge is -2.21. The molecule has 9 heteroatoms. The SMILES string of the molecule is CCCCCC(=O)OC[C@H](COP(=O)(OC)Oc1ccccc1)OC(=O)CCCCC. The zero-order chi connectivity index (χ0) is 23.0. The summed E-state index contributed by atoms with van der Waals surface area (Å²) >= 11 is 0. The monoisotopic (exact) mass is 458 g/mol. The predicted octanol–water partition coefficient (Wildman–Crippen LogP) is 5.45. The number of para-hydroxylation sites is 1. The number of esters is 2. The summed E-state index contributed by atoms with van der Waals surface area (Å²) in [5.41, 5.74) is 0. The molecule has 0 heterocycles. The van der Waals surface area contributed by atoms with E-state index in [9.17, 15) is 14.2 Å². The molecule has 176 valence electrons. The molecule has 0 amide bonds. The van der Waals surface area contributed by atoms with E-state index in [1.54, 1.807) is 30.3 Å². The molecule has 31 heavy (non-hydrogen) atoms. The highest BCUT2D eigenvalue weighted by atomic mass is 31.2. The molecule has 0 bridgehead atoms. The van der Waals surface area contributed by atoms with Gasteiger partial charge in [0.1, 0.15) is 19.0 Å². The van der Waals surface area contributed by atoms with Crippen molar-refractivity contribution in [2.45, 2.75) is 71.3 Å². The second kappa shape index (κ2) is 15.8. The van der Waals surface area contributed by atoms with E-state index >= 15 is 0 Å². The van der Waals surface area contributed by atoms with Gasteiger partial charge in [-0.05, 0) is 25.0 Å². The van der Waals surface area contributed by atoms with Gasteiger partial charge in [-0.3, -0.25) is 18.6 Å². The summed E-state index contributed by atoms with van der Waals surface area (Å²) in [6.45, 7) is 3.58. The lowest BCUT2D eigenvalue weighted by Crippen LogP contribution is -2.29. The number of phosphoric acid groups is 1. The van der Waals surface area contributed by atoms with Crippen molar-refractivity contribution in [2.75, 3.05) is 20.3 Å². The average molecular weight is 458 g/mol. The molecular formula is C22H35O8P. The minimum absolute atomic E-state index is 0.195. The molecule has 0 saturated heterocycles. The predicted molar refractivity (Wildman–Crippen MR) is 117 cm³/mol. The summed E-state index contributed by atoms with van der Waals surface area (Å²) in [6, 6.07) is 8.44. The van der Waals surface area contributed by atoms with Crippen molar-refractivity contribution in [1.82, 2.24) is 0 Å². The Morgan fingerprint density at radius 3 is 2.10 bits per heavy atom. The number of carbonyl (C=O) groups excluding carboxylic acids is 2. The molecule has 0 aliphatic rings. The third-order valence-electron chi connectivity index (χ3n) is 4.30. The lowest BCUT2D eigenvalue weighted by atomic mass is 10.2. The van der Waals surface area contributed by atoms with Gasteiger partial charge in [-0.15, -0.1) is 0 Å². The highest BCUT2D eigenvalue weighted by Gasteiger charge is 2.30. The Hall–Kier alpha value is -1.89. The summed E-state index contributed by atoms with van der Waals surface area (Å²) < 4.78 is 39.0. The maximum absolute atomic E-state index is 12.8. The van der Waals surface area contributed by atoms with Crippen LogP contribution in [0.1, 0.15) is 65.2 Å². The summed E-state index contributed by atoms with van der Waals surface area (Å²) in [5, 5.41) is 0. The fourth-order valence-electron chi connectivity index (χ4n) is 2.56. The molecule has 0 N–H and O–H groups in total. The molecule has 8 nitrogen and oxygen atoms in total. The number of rotatable bonds is 17. The molecule has 0 aromatic heterocycles. The second-order valence-corrected chi connectivity index (χ2v) is 8.74. The molecule has 0 aliphatic carbocycles. The Labute approximate surface area is 185 Å². The molecule has 2 atom stereocenters. The van der Waals surface area contributed by atoms with Gasteiger partial charge in [0.2, 0.25) is 0 Å². The average Bonchev–Trinajstić information content (AvgIpc) is 2.76. The van der Waals surface area contributed by atoms with Crippen LogP contribution in [0.25, 0.3) is 0 Å². The fraction of sp³-hybridized carbons (Fsp3) is 0.636. The van der Waals surface area contributed by atoms with Gasteiger partial charge >= 0.3 is 19.8 Å². The van der Waals surface area contributed by atoms with E-state index in [1.165, 1.54) is 7.11 Å². The Kier molecular flexibility index (Phi) is 13.9. The van der Waals surface area contributed by atoms with Crippen LogP contribution in [0.4, 0.5) is 0 Å². The van der Waals surface area contributed by atoms with Gasteiger partial charge in [-0.1, -0.05) is 57.7 Å². The van der Waals surface area contributed by atoms with Crippen LogP contribution in [0.2, 0.25) is 0 Å². The molecule has 1 unspecified atom stereocenters. The Bertz CT molecular complexity index is 679. The van der Waals surface area contributed by atoms with Gasteiger partial charge in [0.25, 0.3) is 0 Å². The van der Waals surface area contributed by atoms with E-state index in [2.05, 4.69) is 0 Å². The summed E-state index contributed by atoms with van der Waals surface area (Å²) in [6.07, 6.45) is 4.86. The number of unbranched alkanes of at least 4 members (excludes halogenated alkanes) is 4. The molecule has 1 aromatic rings. The number of hydrogen-bond acceptors (Lipinski definition) is 8. The van der Waals surface area contributed by atoms with E-state index in [0.717, 1.165) is 32.1 Å². The molecule has 0 saturated carbocycles. The Morgan fingerprint density at radius 1 is 0.903 bits per heavy atom. The van der Waals surface area contributed by atoms with Crippen LogP contribution in [-0.2, 0) is 32.7 Å². The molecule has 1 aromatic carbocycles. The third-order valence-corrected chi connectivity index (χ3v) is 5.65. The normalized spacial score (nSPS) is 13.8. The first-order chi connectivity index (χ1) is 14.9. The largest absolute Gasteiger partial charge is 0.529 e. The first-order valence-corrected chi connectivity index (χ1v) is 12.3. The summed E-state index contributed by atoms with van der Waals surface area (Å²) in [5.74, 6) is -0.501. The van der Waals surface area contributed by atoms with Crippen molar-refractivity contribution < 1.29 is 37.2 Å². The summed E-state index contributed by atoms with van der Waals surface area (Å²) in [4.78, 5) is 24.0. The van der Waals surface area contributed by atoms with E-state index in [1.807, 2.05) is 13.8 Å². The van der Waals surface area contributed by atoms with Crippen molar-refractivity contribution in [1.29, 1.82) is 0 Å². The van der Waals surface area contributed by atoms with E-state index in [4.69, 9.17) is 23.0 Å². The van der Waals surface area contributed by atoms with Crippen molar-refractivity contribution >= 4 is 19.8 Å². The van der Waals surface area contributed by atoms with Crippen molar-refractivity contribution in [3.63, 3.8) is 0 Å². The molecule has 0 spiro atoms.